The Morgan fingerprint density at radius 1 is 1.48 bits per heavy atom. The molecule has 0 saturated carbocycles. The molecule has 0 bridgehead atoms. The lowest BCUT2D eigenvalue weighted by Crippen LogP contribution is -3.05. The normalized spacial score (nSPS) is 15.8. The van der Waals surface area contributed by atoms with Gasteiger partial charge in [-0.15, -0.1) is 11.3 Å². The van der Waals surface area contributed by atoms with Crippen molar-refractivity contribution in [2.75, 3.05) is 32.5 Å². The monoisotopic (exact) mass is 337 g/mol. The lowest BCUT2D eigenvalue weighted by Gasteiger charge is -2.29. The van der Waals surface area contributed by atoms with Gasteiger partial charge in [-0.25, -0.2) is 4.79 Å². The molecule has 0 fully saturated rings. The highest BCUT2D eigenvalue weighted by atomic mass is 32.1. The summed E-state index contributed by atoms with van der Waals surface area (Å²) in [4.78, 5) is 14.4. The Balaban J connectivity index is 2.00. The van der Waals surface area contributed by atoms with Crippen LogP contribution in [0.25, 0.3) is 0 Å². The summed E-state index contributed by atoms with van der Waals surface area (Å²) in [6.45, 7) is 6.16. The van der Waals surface area contributed by atoms with Crippen molar-refractivity contribution in [1.29, 1.82) is 5.26 Å². The number of anilines is 1. The largest absolute Gasteiger partial charge is 0.370 e. The van der Waals surface area contributed by atoms with Gasteiger partial charge in [0.15, 0.2) is 0 Å². The maximum Gasteiger partial charge on any atom is 0.319 e. The summed E-state index contributed by atoms with van der Waals surface area (Å²) in [5, 5.41) is 15.7. The Kier molecular flexibility index (Phi) is 5.63. The number of hydrogen-bond acceptors (Lipinski definition) is 4. The second-order valence-electron chi connectivity index (χ2n) is 6.74. The van der Waals surface area contributed by atoms with Crippen LogP contribution in [0.4, 0.5) is 9.80 Å². The summed E-state index contributed by atoms with van der Waals surface area (Å²) < 4.78 is 5.78. The maximum atomic E-state index is 12.0. The summed E-state index contributed by atoms with van der Waals surface area (Å²) in [5.74, 6) is 0. The van der Waals surface area contributed by atoms with Crippen LogP contribution >= 0.6 is 11.3 Å². The lowest BCUT2D eigenvalue weighted by atomic mass is 9.93. The second kappa shape index (κ2) is 7.30. The molecule has 3 N–H and O–H groups in total. The number of carbonyl (C=O) groups is 1. The number of urea groups is 1. The van der Waals surface area contributed by atoms with Crippen LogP contribution in [0.3, 0.4) is 0 Å². The Morgan fingerprint density at radius 3 is 2.87 bits per heavy atom. The van der Waals surface area contributed by atoms with Gasteiger partial charge in [0, 0.05) is 24.3 Å². The standard InChI is InChI=1S/C16H24N4O2S/c1-16(2)8-11-12(9-17)14(23-13(11)10-22-16)19-15(21)18-6-5-7-20(3)4/h5-8,10H2,1-4H3,(H2,18,19,21)/p+1. The van der Waals surface area contributed by atoms with Crippen molar-refractivity contribution < 1.29 is 14.4 Å². The van der Waals surface area contributed by atoms with E-state index < -0.39 is 0 Å². The zero-order valence-electron chi connectivity index (χ0n) is 14.2. The predicted molar refractivity (Wildman–Crippen MR) is 90.9 cm³/mol. The highest BCUT2D eigenvalue weighted by Crippen LogP contribution is 2.39. The van der Waals surface area contributed by atoms with Crippen molar-refractivity contribution in [2.24, 2.45) is 0 Å². The molecule has 2 rings (SSSR count). The number of nitriles is 1. The number of amides is 2. The van der Waals surface area contributed by atoms with Crippen molar-refractivity contribution in [3.63, 3.8) is 0 Å². The van der Waals surface area contributed by atoms with Gasteiger partial charge in [-0.2, -0.15) is 5.26 Å². The van der Waals surface area contributed by atoms with Gasteiger partial charge in [0.1, 0.15) is 11.1 Å². The molecule has 0 unspecified atom stereocenters. The molecular formula is C16H25N4O2S+. The average molecular weight is 337 g/mol. The number of nitrogens with zero attached hydrogens (tertiary/aromatic N) is 1. The molecule has 2 amide bonds. The molecule has 0 spiro atoms. The molecule has 1 aliphatic rings. The van der Waals surface area contributed by atoms with E-state index in [1.165, 1.54) is 16.2 Å². The van der Waals surface area contributed by atoms with Crippen LogP contribution in [0.1, 0.15) is 36.3 Å². The molecule has 6 nitrogen and oxygen atoms in total. The van der Waals surface area contributed by atoms with Crippen molar-refractivity contribution >= 4 is 22.4 Å². The highest BCUT2D eigenvalue weighted by molar-refractivity contribution is 7.16. The van der Waals surface area contributed by atoms with Crippen molar-refractivity contribution in [2.45, 2.75) is 38.9 Å². The van der Waals surface area contributed by atoms with Crippen LogP contribution in [0.2, 0.25) is 0 Å². The van der Waals surface area contributed by atoms with Gasteiger partial charge < -0.3 is 15.0 Å². The Labute approximate surface area is 141 Å². The van der Waals surface area contributed by atoms with Crippen LogP contribution in [-0.2, 0) is 17.8 Å². The molecule has 0 aromatic carbocycles. The zero-order chi connectivity index (χ0) is 17.0. The van der Waals surface area contributed by atoms with Crippen LogP contribution in [0.15, 0.2) is 0 Å². The predicted octanol–water partition coefficient (Wildman–Crippen LogP) is 1.13. The lowest BCUT2D eigenvalue weighted by molar-refractivity contribution is -0.858. The summed E-state index contributed by atoms with van der Waals surface area (Å²) in [6.07, 6.45) is 1.61. The van der Waals surface area contributed by atoms with E-state index in [0.29, 0.717) is 30.1 Å². The molecule has 0 radical (unpaired) electrons. The summed E-state index contributed by atoms with van der Waals surface area (Å²) >= 11 is 1.44. The van der Waals surface area contributed by atoms with E-state index in [2.05, 4.69) is 30.8 Å². The van der Waals surface area contributed by atoms with E-state index in [1.54, 1.807) is 0 Å². The molecule has 0 atom stereocenters. The van der Waals surface area contributed by atoms with Gasteiger partial charge in [0.2, 0.25) is 0 Å². The van der Waals surface area contributed by atoms with E-state index in [9.17, 15) is 10.1 Å². The summed E-state index contributed by atoms with van der Waals surface area (Å²) in [7, 11) is 4.16. The van der Waals surface area contributed by atoms with E-state index in [4.69, 9.17) is 4.74 Å². The topological polar surface area (TPSA) is 78.6 Å². The van der Waals surface area contributed by atoms with E-state index in [1.807, 2.05) is 13.8 Å². The minimum atomic E-state index is -0.270. The van der Waals surface area contributed by atoms with Crippen LogP contribution < -0.4 is 15.5 Å². The summed E-state index contributed by atoms with van der Waals surface area (Å²) in [6, 6.07) is 1.98. The molecule has 0 saturated heterocycles. The quantitative estimate of drug-likeness (QED) is 0.705. The van der Waals surface area contributed by atoms with E-state index >= 15 is 0 Å². The number of quaternary nitrogens is 1. The number of thiophene rings is 1. The molecule has 7 heteroatoms. The van der Waals surface area contributed by atoms with Gasteiger partial charge in [0.05, 0.1) is 38.4 Å². The number of hydrogen-bond donors (Lipinski definition) is 3. The van der Waals surface area contributed by atoms with E-state index in [-0.39, 0.29) is 11.6 Å². The fraction of sp³-hybridized carbons (Fsp3) is 0.625. The first-order valence-corrected chi connectivity index (χ1v) is 8.66. The van der Waals surface area contributed by atoms with Crippen LogP contribution in [0, 0.1) is 11.3 Å². The first kappa shape index (κ1) is 17.7. The Bertz CT molecular complexity index is 616. The number of nitrogens with one attached hydrogen (secondary N) is 3. The second-order valence-corrected chi connectivity index (χ2v) is 7.84. The third kappa shape index (κ3) is 4.67. The molecule has 1 aromatic heterocycles. The molecule has 126 valence electrons. The van der Waals surface area contributed by atoms with Gasteiger partial charge in [-0.1, -0.05) is 0 Å². The maximum absolute atomic E-state index is 12.0. The van der Waals surface area contributed by atoms with Gasteiger partial charge in [0.25, 0.3) is 0 Å². The van der Waals surface area contributed by atoms with E-state index in [0.717, 1.165) is 23.4 Å². The minimum absolute atomic E-state index is 0.256. The number of rotatable bonds is 5. The molecule has 2 heterocycles. The Morgan fingerprint density at radius 2 is 2.22 bits per heavy atom. The van der Waals surface area contributed by atoms with Gasteiger partial charge in [-0.3, -0.25) is 5.32 Å². The van der Waals surface area contributed by atoms with Crippen molar-refractivity contribution in [1.82, 2.24) is 5.32 Å². The average Bonchev–Trinajstić information content (AvgIpc) is 2.78. The first-order valence-electron chi connectivity index (χ1n) is 7.85. The molecule has 23 heavy (non-hydrogen) atoms. The van der Waals surface area contributed by atoms with Crippen molar-refractivity contribution in [3.05, 3.63) is 16.0 Å². The zero-order valence-corrected chi connectivity index (χ0v) is 15.0. The minimum Gasteiger partial charge on any atom is -0.370 e. The smallest absolute Gasteiger partial charge is 0.319 e. The first-order chi connectivity index (χ1) is 10.8. The SMILES string of the molecule is C[NH+](C)CCCNC(=O)Nc1sc2c(c1C#N)CC(C)(C)OC2. The Hall–Kier alpha value is -1.62. The molecule has 1 aliphatic heterocycles. The highest BCUT2D eigenvalue weighted by Gasteiger charge is 2.31. The van der Waals surface area contributed by atoms with Crippen molar-refractivity contribution in [3.8, 4) is 6.07 Å². The van der Waals surface area contributed by atoms with Crippen LogP contribution in [-0.4, -0.2) is 38.8 Å². The number of carbonyl (C=O) groups excluding carboxylic acids is 1. The summed E-state index contributed by atoms with van der Waals surface area (Å²) in [5.41, 5.74) is 1.32. The third-order valence-corrected chi connectivity index (χ3v) is 4.89. The molecule has 1 aromatic rings. The number of fused-ring (bicyclic) bond motifs is 1. The molecular weight excluding hydrogens is 312 g/mol. The fourth-order valence-electron chi connectivity index (χ4n) is 2.55. The number of ether oxygens (including phenoxy) is 1. The van der Waals surface area contributed by atoms with Gasteiger partial charge in [-0.05, 0) is 19.4 Å². The van der Waals surface area contributed by atoms with Gasteiger partial charge >= 0.3 is 6.03 Å². The molecule has 0 aliphatic carbocycles. The van der Waals surface area contributed by atoms with Crippen LogP contribution in [0.5, 0.6) is 0 Å². The fourth-order valence-corrected chi connectivity index (χ4v) is 3.63. The third-order valence-electron chi connectivity index (χ3n) is 3.77.